The molecule has 90 valence electrons. The Morgan fingerprint density at radius 2 is 2.38 bits per heavy atom. The van der Waals surface area contributed by atoms with Crippen molar-refractivity contribution in [3.8, 4) is 0 Å². The number of hydrogen-bond donors (Lipinski definition) is 2. The van der Waals surface area contributed by atoms with Crippen molar-refractivity contribution in [2.24, 2.45) is 7.05 Å². The van der Waals surface area contributed by atoms with Crippen LogP contribution in [0.15, 0.2) is 0 Å². The lowest BCUT2D eigenvalue weighted by Crippen LogP contribution is -2.34. The molecular weight excluding hydrogens is 226 g/mol. The maximum Gasteiger partial charge on any atom is 0.0850 e. The highest BCUT2D eigenvalue weighted by Crippen LogP contribution is 2.27. The summed E-state index contributed by atoms with van der Waals surface area (Å²) in [4.78, 5) is 0. The van der Waals surface area contributed by atoms with Crippen molar-refractivity contribution >= 4 is 11.6 Å². The van der Waals surface area contributed by atoms with Gasteiger partial charge in [0.15, 0.2) is 0 Å². The van der Waals surface area contributed by atoms with Crippen LogP contribution in [0.2, 0.25) is 5.02 Å². The number of halogens is 1. The summed E-state index contributed by atoms with van der Waals surface area (Å²) in [6.45, 7) is 3.53. The van der Waals surface area contributed by atoms with Crippen molar-refractivity contribution in [3.63, 3.8) is 0 Å². The lowest BCUT2D eigenvalue weighted by atomic mass is 9.96. The highest BCUT2D eigenvalue weighted by atomic mass is 35.5. The first-order valence-corrected chi connectivity index (χ1v) is 6.07. The van der Waals surface area contributed by atoms with E-state index in [4.69, 9.17) is 11.6 Å². The summed E-state index contributed by atoms with van der Waals surface area (Å²) in [6, 6.07) is 0. The van der Waals surface area contributed by atoms with E-state index in [2.05, 4.69) is 10.4 Å². The quantitative estimate of drug-likeness (QED) is 0.830. The molecule has 0 radical (unpaired) electrons. The molecule has 1 aliphatic rings. The molecule has 2 N–H and O–H groups in total. The third-order valence-corrected chi connectivity index (χ3v) is 3.66. The first-order valence-electron chi connectivity index (χ1n) is 5.69. The van der Waals surface area contributed by atoms with Gasteiger partial charge in [-0.3, -0.25) is 4.68 Å². The van der Waals surface area contributed by atoms with E-state index in [0.717, 1.165) is 30.8 Å². The van der Waals surface area contributed by atoms with E-state index in [9.17, 15) is 5.11 Å². The Hall–Kier alpha value is -0.580. The number of aryl methyl sites for hydroxylation is 2. The van der Waals surface area contributed by atoms with Gasteiger partial charge in [0.05, 0.1) is 22.0 Å². The van der Waals surface area contributed by atoms with Gasteiger partial charge >= 0.3 is 0 Å². The monoisotopic (exact) mass is 243 g/mol. The Bertz CT molecular complexity index is 383. The van der Waals surface area contributed by atoms with Gasteiger partial charge in [-0.25, -0.2) is 0 Å². The predicted octanol–water partition coefficient (Wildman–Crippen LogP) is 0.903. The minimum atomic E-state index is -0.664. The van der Waals surface area contributed by atoms with Crippen LogP contribution in [-0.2, 0) is 19.9 Å². The second-order valence-corrected chi connectivity index (χ2v) is 4.89. The third-order valence-electron chi connectivity index (χ3n) is 3.22. The minimum Gasteiger partial charge on any atom is -0.388 e. The van der Waals surface area contributed by atoms with Crippen molar-refractivity contribution in [3.05, 3.63) is 16.4 Å². The number of aromatic nitrogens is 2. The SMILES string of the molecule is CCc1nn(C)c(CC2(O)CCNC2)c1Cl. The van der Waals surface area contributed by atoms with Gasteiger partial charge in [0.2, 0.25) is 0 Å². The molecule has 0 saturated carbocycles. The number of nitrogens with zero attached hydrogens (tertiary/aromatic N) is 2. The van der Waals surface area contributed by atoms with E-state index >= 15 is 0 Å². The highest BCUT2D eigenvalue weighted by Gasteiger charge is 2.33. The molecule has 4 nitrogen and oxygen atoms in total. The maximum absolute atomic E-state index is 10.3. The Morgan fingerprint density at radius 3 is 2.88 bits per heavy atom. The fourth-order valence-corrected chi connectivity index (χ4v) is 2.57. The number of rotatable bonds is 3. The largest absolute Gasteiger partial charge is 0.388 e. The summed E-state index contributed by atoms with van der Waals surface area (Å²) >= 11 is 6.26. The minimum absolute atomic E-state index is 0.572. The second-order valence-electron chi connectivity index (χ2n) is 4.51. The molecular formula is C11H18ClN3O. The predicted molar refractivity (Wildman–Crippen MR) is 63.7 cm³/mol. The van der Waals surface area contributed by atoms with Gasteiger partial charge < -0.3 is 10.4 Å². The zero-order valence-electron chi connectivity index (χ0n) is 9.76. The van der Waals surface area contributed by atoms with Crippen LogP contribution in [0, 0.1) is 0 Å². The van der Waals surface area contributed by atoms with Gasteiger partial charge in [-0.2, -0.15) is 5.10 Å². The molecule has 0 aliphatic carbocycles. The van der Waals surface area contributed by atoms with E-state index in [1.807, 2.05) is 14.0 Å². The van der Waals surface area contributed by atoms with Gasteiger partial charge in [-0.1, -0.05) is 18.5 Å². The molecule has 0 aromatic carbocycles. The van der Waals surface area contributed by atoms with Crippen LogP contribution < -0.4 is 5.32 Å². The van der Waals surface area contributed by atoms with E-state index in [-0.39, 0.29) is 0 Å². The van der Waals surface area contributed by atoms with Crippen LogP contribution in [0.3, 0.4) is 0 Å². The van der Waals surface area contributed by atoms with Crippen molar-refractivity contribution in [1.29, 1.82) is 0 Å². The molecule has 16 heavy (non-hydrogen) atoms. The Labute approximate surface area is 101 Å². The molecule has 2 rings (SSSR count). The van der Waals surface area contributed by atoms with Crippen LogP contribution in [-0.4, -0.2) is 33.6 Å². The summed E-state index contributed by atoms with van der Waals surface area (Å²) in [5.41, 5.74) is 1.18. The number of hydrogen-bond acceptors (Lipinski definition) is 3. The van der Waals surface area contributed by atoms with Crippen LogP contribution in [0.4, 0.5) is 0 Å². The smallest absolute Gasteiger partial charge is 0.0850 e. The lowest BCUT2D eigenvalue weighted by Gasteiger charge is -2.21. The van der Waals surface area contributed by atoms with Crippen LogP contribution in [0.5, 0.6) is 0 Å². The summed E-state index contributed by atoms with van der Waals surface area (Å²) < 4.78 is 1.79. The van der Waals surface area contributed by atoms with Crippen LogP contribution in [0.25, 0.3) is 0 Å². The molecule has 1 aliphatic heterocycles. The summed E-state index contributed by atoms with van der Waals surface area (Å²) in [5.74, 6) is 0. The van der Waals surface area contributed by atoms with Crippen molar-refractivity contribution in [2.75, 3.05) is 13.1 Å². The van der Waals surface area contributed by atoms with Gasteiger partial charge in [-0.15, -0.1) is 0 Å². The fourth-order valence-electron chi connectivity index (χ4n) is 2.20. The summed E-state index contributed by atoms with van der Waals surface area (Å²) in [5, 5.41) is 18.6. The zero-order chi connectivity index (χ0) is 11.8. The molecule has 1 aromatic rings. The zero-order valence-corrected chi connectivity index (χ0v) is 10.5. The molecule has 0 spiro atoms. The standard InChI is InChI=1S/C11H18ClN3O/c1-3-8-10(12)9(15(2)14-8)6-11(16)4-5-13-7-11/h13,16H,3-7H2,1-2H3. The van der Waals surface area contributed by atoms with E-state index < -0.39 is 5.60 Å². The van der Waals surface area contributed by atoms with Crippen LogP contribution in [0.1, 0.15) is 24.7 Å². The van der Waals surface area contributed by atoms with Crippen molar-refractivity contribution in [2.45, 2.75) is 31.8 Å². The molecule has 5 heteroatoms. The number of β-amino-alcohol motifs (C(OH)–C–C–N with tert-alkyl or cyclic N) is 1. The molecule has 1 atom stereocenters. The molecule has 1 saturated heterocycles. The molecule has 1 aromatic heterocycles. The first kappa shape index (κ1) is 11.9. The van der Waals surface area contributed by atoms with Gasteiger partial charge in [0.25, 0.3) is 0 Å². The highest BCUT2D eigenvalue weighted by molar-refractivity contribution is 6.31. The van der Waals surface area contributed by atoms with Crippen molar-refractivity contribution < 1.29 is 5.11 Å². The van der Waals surface area contributed by atoms with Gasteiger partial charge in [-0.05, 0) is 19.4 Å². The second kappa shape index (κ2) is 4.35. The Morgan fingerprint density at radius 1 is 1.62 bits per heavy atom. The van der Waals surface area contributed by atoms with Gasteiger partial charge in [0.1, 0.15) is 0 Å². The molecule has 0 amide bonds. The van der Waals surface area contributed by atoms with Gasteiger partial charge in [0, 0.05) is 20.0 Å². The first-order chi connectivity index (χ1) is 7.56. The summed E-state index contributed by atoms with van der Waals surface area (Å²) in [6.07, 6.45) is 2.17. The molecule has 1 fully saturated rings. The molecule has 0 bridgehead atoms. The average molecular weight is 244 g/mol. The molecule has 1 unspecified atom stereocenters. The van der Waals surface area contributed by atoms with E-state index in [0.29, 0.717) is 18.0 Å². The number of aliphatic hydroxyl groups is 1. The number of nitrogens with one attached hydrogen (secondary N) is 1. The topological polar surface area (TPSA) is 50.1 Å². The lowest BCUT2D eigenvalue weighted by molar-refractivity contribution is 0.0599. The fraction of sp³-hybridized carbons (Fsp3) is 0.727. The third kappa shape index (κ3) is 2.10. The van der Waals surface area contributed by atoms with E-state index in [1.165, 1.54) is 0 Å². The van der Waals surface area contributed by atoms with Crippen LogP contribution >= 0.6 is 11.6 Å². The Kier molecular flexibility index (Phi) is 3.24. The Balaban J connectivity index is 2.23. The van der Waals surface area contributed by atoms with Crippen molar-refractivity contribution in [1.82, 2.24) is 15.1 Å². The normalized spacial score (nSPS) is 25.2. The maximum atomic E-state index is 10.3. The summed E-state index contributed by atoms with van der Waals surface area (Å²) in [7, 11) is 1.88. The average Bonchev–Trinajstić information content (AvgIpc) is 2.78. The van der Waals surface area contributed by atoms with E-state index in [1.54, 1.807) is 4.68 Å². The molecule has 2 heterocycles.